The van der Waals surface area contributed by atoms with E-state index < -0.39 is 12.1 Å². The molecule has 27 heavy (non-hydrogen) atoms. The number of urea groups is 1. The molecule has 2 aromatic rings. The van der Waals surface area contributed by atoms with Crippen LogP contribution in [-0.4, -0.2) is 35.3 Å². The molecule has 0 unspecified atom stereocenters. The molecule has 1 fully saturated rings. The first-order valence-electron chi connectivity index (χ1n) is 8.92. The molecule has 1 aliphatic heterocycles. The lowest BCUT2D eigenvalue weighted by atomic mass is 10.0. The van der Waals surface area contributed by atoms with Gasteiger partial charge < -0.3 is 10.1 Å². The maximum atomic E-state index is 12.7. The van der Waals surface area contributed by atoms with Crippen molar-refractivity contribution in [1.29, 1.82) is 0 Å². The molecule has 2 aromatic carbocycles. The third kappa shape index (κ3) is 4.16. The molecular formula is C21H22N2O4. The summed E-state index contributed by atoms with van der Waals surface area (Å²) in [5.74, 6) is 0.201. The van der Waals surface area contributed by atoms with Crippen molar-refractivity contribution in [2.75, 3.05) is 6.61 Å². The highest BCUT2D eigenvalue weighted by Gasteiger charge is 2.38. The van der Waals surface area contributed by atoms with Crippen LogP contribution in [0.1, 0.15) is 35.3 Å². The predicted molar refractivity (Wildman–Crippen MR) is 101 cm³/mol. The zero-order valence-electron chi connectivity index (χ0n) is 15.4. The third-order valence-corrected chi connectivity index (χ3v) is 4.48. The van der Waals surface area contributed by atoms with Crippen LogP contribution in [0, 0.1) is 0 Å². The molecule has 1 atom stereocenters. The van der Waals surface area contributed by atoms with Crippen molar-refractivity contribution < 1.29 is 19.1 Å². The zero-order valence-corrected chi connectivity index (χ0v) is 15.4. The van der Waals surface area contributed by atoms with Gasteiger partial charge in [-0.3, -0.25) is 14.5 Å². The lowest BCUT2D eigenvalue weighted by molar-refractivity contribution is -0.127. The van der Waals surface area contributed by atoms with Crippen molar-refractivity contribution in [1.82, 2.24) is 10.2 Å². The van der Waals surface area contributed by atoms with E-state index in [-0.39, 0.29) is 18.2 Å². The van der Waals surface area contributed by atoms with Crippen LogP contribution >= 0.6 is 0 Å². The van der Waals surface area contributed by atoms with E-state index in [9.17, 15) is 14.4 Å². The fourth-order valence-electron chi connectivity index (χ4n) is 3.10. The average Bonchev–Trinajstić information content (AvgIpc) is 2.91. The molecule has 0 aliphatic carbocycles. The fraction of sp³-hybridized carbons (Fsp3) is 0.286. The van der Waals surface area contributed by atoms with Crippen LogP contribution in [0.15, 0.2) is 48.5 Å². The van der Waals surface area contributed by atoms with E-state index in [2.05, 4.69) is 5.32 Å². The number of hydrogen-bond donors (Lipinski definition) is 1. The van der Waals surface area contributed by atoms with Crippen LogP contribution in [0.25, 0.3) is 0 Å². The summed E-state index contributed by atoms with van der Waals surface area (Å²) in [7, 11) is 0. The minimum atomic E-state index is -0.591. The number of nitrogens with one attached hydrogen (secondary N) is 1. The second-order valence-electron chi connectivity index (χ2n) is 6.43. The summed E-state index contributed by atoms with van der Waals surface area (Å²) in [5, 5.41) is 2.74. The van der Waals surface area contributed by atoms with E-state index in [1.165, 1.54) is 11.8 Å². The number of carbonyl (C=O) groups excluding carboxylic acids is 3. The van der Waals surface area contributed by atoms with Gasteiger partial charge in [0, 0.05) is 17.5 Å². The lowest BCUT2D eigenvalue weighted by Gasteiger charge is -2.17. The smallest absolute Gasteiger partial charge is 0.325 e. The summed E-state index contributed by atoms with van der Waals surface area (Å²) in [6.45, 7) is 3.84. The van der Waals surface area contributed by atoms with Crippen LogP contribution in [-0.2, 0) is 17.8 Å². The molecule has 0 spiro atoms. The highest BCUT2D eigenvalue weighted by molar-refractivity contribution is 6.04. The van der Waals surface area contributed by atoms with Crippen LogP contribution in [0.2, 0.25) is 0 Å². The van der Waals surface area contributed by atoms with Crippen molar-refractivity contribution in [2.45, 2.75) is 32.9 Å². The molecule has 140 valence electrons. The van der Waals surface area contributed by atoms with Gasteiger partial charge in [0.1, 0.15) is 11.8 Å². The minimum absolute atomic E-state index is 0.0619. The second-order valence-corrected chi connectivity index (χ2v) is 6.43. The van der Waals surface area contributed by atoms with Crippen molar-refractivity contribution in [3.05, 3.63) is 65.2 Å². The number of rotatable bonds is 7. The molecular weight excluding hydrogens is 344 g/mol. The second kappa shape index (κ2) is 8.03. The first kappa shape index (κ1) is 18.6. The number of Topliss-reactive ketones (excluding diaryl/α,β-unsaturated/α-hetero) is 1. The zero-order chi connectivity index (χ0) is 19.4. The van der Waals surface area contributed by atoms with E-state index in [1.54, 1.807) is 18.2 Å². The van der Waals surface area contributed by atoms with Crippen molar-refractivity contribution in [3.8, 4) is 5.75 Å². The highest BCUT2D eigenvalue weighted by atomic mass is 16.5. The topological polar surface area (TPSA) is 75.7 Å². The minimum Gasteiger partial charge on any atom is -0.494 e. The molecule has 1 aliphatic rings. The number of benzene rings is 2. The summed E-state index contributed by atoms with van der Waals surface area (Å²) >= 11 is 0. The number of hydrogen-bond acceptors (Lipinski definition) is 4. The Hall–Kier alpha value is -3.15. The summed E-state index contributed by atoms with van der Waals surface area (Å²) in [5.41, 5.74) is 2.13. The Bertz CT molecular complexity index is 864. The summed E-state index contributed by atoms with van der Waals surface area (Å²) in [6, 6.07) is 13.6. The number of nitrogens with zero attached hydrogens (tertiary/aromatic N) is 1. The molecule has 0 radical (unpaired) electrons. The van der Waals surface area contributed by atoms with E-state index in [4.69, 9.17) is 4.74 Å². The van der Waals surface area contributed by atoms with Crippen LogP contribution < -0.4 is 10.1 Å². The lowest BCUT2D eigenvalue weighted by Crippen LogP contribution is -2.32. The predicted octanol–water partition coefficient (Wildman–Crippen LogP) is 2.95. The standard InChI is InChI=1S/C21H22N2O4/c1-3-27-19-10-9-16(14(2)24)12-17(19)13-23-20(25)18(22-21(23)26)11-15-7-5-4-6-8-15/h4-10,12,18H,3,11,13H2,1-2H3,(H,22,26)/t18-/m0/s1. The number of imide groups is 1. The van der Waals surface area contributed by atoms with Gasteiger partial charge in [-0.1, -0.05) is 30.3 Å². The quantitative estimate of drug-likeness (QED) is 0.604. The Balaban J connectivity index is 1.80. The normalized spacial score (nSPS) is 16.4. The van der Waals surface area contributed by atoms with Gasteiger partial charge in [0.15, 0.2) is 5.78 Å². The molecule has 6 nitrogen and oxygen atoms in total. The monoisotopic (exact) mass is 366 g/mol. The molecule has 0 aromatic heterocycles. The number of amides is 3. The highest BCUT2D eigenvalue weighted by Crippen LogP contribution is 2.24. The van der Waals surface area contributed by atoms with E-state index in [0.29, 0.717) is 29.9 Å². The first-order valence-corrected chi connectivity index (χ1v) is 8.92. The third-order valence-electron chi connectivity index (χ3n) is 4.48. The van der Waals surface area contributed by atoms with Gasteiger partial charge in [0.05, 0.1) is 13.2 Å². The van der Waals surface area contributed by atoms with Crippen molar-refractivity contribution in [2.24, 2.45) is 0 Å². The van der Waals surface area contributed by atoms with E-state index in [0.717, 1.165) is 5.56 Å². The number of ether oxygens (including phenoxy) is 1. The molecule has 1 heterocycles. The van der Waals surface area contributed by atoms with Gasteiger partial charge in [0.25, 0.3) is 5.91 Å². The van der Waals surface area contributed by atoms with Crippen LogP contribution in [0.5, 0.6) is 5.75 Å². The summed E-state index contributed by atoms with van der Waals surface area (Å²) in [4.78, 5) is 38.0. The van der Waals surface area contributed by atoms with Gasteiger partial charge in [-0.15, -0.1) is 0 Å². The Morgan fingerprint density at radius 1 is 1.15 bits per heavy atom. The Labute approximate surface area is 158 Å². The summed E-state index contributed by atoms with van der Waals surface area (Å²) < 4.78 is 5.59. The molecule has 6 heteroatoms. The van der Waals surface area contributed by atoms with E-state index >= 15 is 0 Å². The Kier molecular flexibility index (Phi) is 5.54. The molecule has 3 amide bonds. The number of carbonyl (C=O) groups is 3. The fourth-order valence-corrected chi connectivity index (χ4v) is 3.10. The van der Waals surface area contributed by atoms with Gasteiger partial charge in [0.2, 0.25) is 0 Å². The van der Waals surface area contributed by atoms with Crippen LogP contribution in [0.4, 0.5) is 4.79 Å². The van der Waals surface area contributed by atoms with Crippen molar-refractivity contribution >= 4 is 17.7 Å². The molecule has 0 bridgehead atoms. The maximum absolute atomic E-state index is 12.7. The number of ketones is 1. The molecule has 1 N–H and O–H groups in total. The van der Waals surface area contributed by atoms with Gasteiger partial charge >= 0.3 is 6.03 Å². The van der Waals surface area contributed by atoms with Crippen molar-refractivity contribution in [3.63, 3.8) is 0 Å². The van der Waals surface area contributed by atoms with Gasteiger partial charge in [-0.25, -0.2) is 4.79 Å². The summed E-state index contributed by atoms with van der Waals surface area (Å²) in [6.07, 6.45) is 0.438. The first-order chi connectivity index (χ1) is 13.0. The van der Waals surface area contributed by atoms with Crippen LogP contribution in [0.3, 0.4) is 0 Å². The largest absolute Gasteiger partial charge is 0.494 e. The SMILES string of the molecule is CCOc1ccc(C(C)=O)cc1CN1C(=O)N[C@@H](Cc2ccccc2)C1=O. The molecule has 0 saturated carbocycles. The average molecular weight is 366 g/mol. The maximum Gasteiger partial charge on any atom is 0.325 e. The molecule has 1 saturated heterocycles. The molecule has 3 rings (SSSR count). The van der Waals surface area contributed by atoms with Gasteiger partial charge in [-0.05, 0) is 37.6 Å². The van der Waals surface area contributed by atoms with E-state index in [1.807, 2.05) is 37.3 Å². The Morgan fingerprint density at radius 3 is 2.56 bits per heavy atom. The van der Waals surface area contributed by atoms with Gasteiger partial charge in [-0.2, -0.15) is 0 Å². The Morgan fingerprint density at radius 2 is 1.89 bits per heavy atom.